The first-order chi connectivity index (χ1) is 9.70. The van der Waals surface area contributed by atoms with Crippen molar-refractivity contribution >= 4 is 28.8 Å². The largest absolute Gasteiger partial charge is 0.330 e. The molecular formula is C14H14ClN3OS. The standard InChI is InChI=1S/C14H14ClN3OS/c1-2-11-9-4-6-20-12(9)3-5-18(11)14(19)10-7-16-8-13(15)17-10/h4,6-8,11H,2-3,5H2,1H3. The normalized spacial score (nSPS) is 17.9. The monoisotopic (exact) mass is 307 g/mol. The van der Waals surface area contributed by atoms with Crippen LogP contribution in [0, 0.1) is 0 Å². The Morgan fingerprint density at radius 2 is 2.40 bits per heavy atom. The first-order valence-corrected chi connectivity index (χ1v) is 7.81. The molecule has 1 aliphatic heterocycles. The fraction of sp³-hybridized carbons (Fsp3) is 0.357. The first kappa shape index (κ1) is 13.5. The molecule has 1 aliphatic rings. The topological polar surface area (TPSA) is 46.1 Å². The Kier molecular flexibility index (Phi) is 3.72. The number of fused-ring (bicyclic) bond motifs is 1. The second-order valence-electron chi connectivity index (χ2n) is 4.70. The van der Waals surface area contributed by atoms with Gasteiger partial charge in [-0.3, -0.25) is 9.78 Å². The number of hydrogen-bond acceptors (Lipinski definition) is 4. The molecule has 2 aromatic rings. The van der Waals surface area contributed by atoms with Gasteiger partial charge in [-0.2, -0.15) is 0 Å². The number of amides is 1. The van der Waals surface area contributed by atoms with Crippen molar-refractivity contribution in [3.8, 4) is 0 Å². The molecule has 0 radical (unpaired) electrons. The van der Waals surface area contributed by atoms with Crippen LogP contribution in [0.2, 0.25) is 5.15 Å². The first-order valence-electron chi connectivity index (χ1n) is 6.55. The van der Waals surface area contributed by atoms with Crippen LogP contribution in [0.25, 0.3) is 0 Å². The van der Waals surface area contributed by atoms with Crippen LogP contribution in [0.5, 0.6) is 0 Å². The minimum Gasteiger partial charge on any atom is -0.330 e. The fourth-order valence-corrected chi connectivity index (χ4v) is 3.75. The summed E-state index contributed by atoms with van der Waals surface area (Å²) in [5, 5.41) is 2.35. The lowest BCUT2D eigenvalue weighted by molar-refractivity contribution is 0.0651. The molecule has 0 saturated heterocycles. The number of thiophene rings is 1. The molecule has 0 N–H and O–H groups in total. The molecule has 0 spiro atoms. The van der Waals surface area contributed by atoms with E-state index in [0.717, 1.165) is 19.4 Å². The van der Waals surface area contributed by atoms with Gasteiger partial charge in [0.05, 0.1) is 18.4 Å². The summed E-state index contributed by atoms with van der Waals surface area (Å²) >= 11 is 7.59. The number of rotatable bonds is 2. The maximum atomic E-state index is 12.6. The average molecular weight is 308 g/mol. The van der Waals surface area contributed by atoms with Gasteiger partial charge in [0.25, 0.3) is 5.91 Å². The van der Waals surface area contributed by atoms with E-state index in [1.54, 1.807) is 11.3 Å². The third-order valence-electron chi connectivity index (χ3n) is 3.57. The molecule has 6 heteroatoms. The van der Waals surface area contributed by atoms with Crippen LogP contribution >= 0.6 is 22.9 Å². The van der Waals surface area contributed by atoms with Gasteiger partial charge in [0.1, 0.15) is 10.8 Å². The van der Waals surface area contributed by atoms with Crippen LogP contribution < -0.4 is 0 Å². The van der Waals surface area contributed by atoms with Crippen molar-refractivity contribution in [2.24, 2.45) is 0 Å². The van der Waals surface area contributed by atoms with E-state index in [-0.39, 0.29) is 17.1 Å². The number of carbonyl (C=O) groups is 1. The smallest absolute Gasteiger partial charge is 0.274 e. The van der Waals surface area contributed by atoms with Crippen molar-refractivity contribution in [3.05, 3.63) is 45.1 Å². The number of hydrogen-bond donors (Lipinski definition) is 0. The van der Waals surface area contributed by atoms with E-state index in [9.17, 15) is 4.79 Å². The molecule has 4 nitrogen and oxygen atoms in total. The summed E-state index contributed by atoms with van der Waals surface area (Å²) in [5.74, 6) is -0.0938. The molecule has 0 aromatic carbocycles. The molecule has 1 unspecified atom stereocenters. The van der Waals surface area contributed by atoms with Crippen molar-refractivity contribution in [1.29, 1.82) is 0 Å². The van der Waals surface area contributed by atoms with Crippen LogP contribution in [0.3, 0.4) is 0 Å². The summed E-state index contributed by atoms with van der Waals surface area (Å²) in [5.41, 5.74) is 1.58. The molecule has 0 saturated carbocycles. The predicted octanol–water partition coefficient (Wildman–Crippen LogP) is 3.34. The van der Waals surface area contributed by atoms with E-state index < -0.39 is 0 Å². The summed E-state index contributed by atoms with van der Waals surface area (Å²) < 4.78 is 0. The predicted molar refractivity (Wildman–Crippen MR) is 79.1 cm³/mol. The minimum atomic E-state index is -0.0938. The Balaban J connectivity index is 1.92. The van der Waals surface area contributed by atoms with Gasteiger partial charge in [-0.05, 0) is 29.9 Å². The van der Waals surface area contributed by atoms with E-state index in [1.807, 2.05) is 4.90 Å². The van der Waals surface area contributed by atoms with Crippen LogP contribution in [-0.4, -0.2) is 27.3 Å². The van der Waals surface area contributed by atoms with Gasteiger partial charge in [-0.25, -0.2) is 4.98 Å². The highest BCUT2D eigenvalue weighted by Crippen LogP contribution is 2.35. The van der Waals surface area contributed by atoms with Crippen molar-refractivity contribution < 1.29 is 4.79 Å². The van der Waals surface area contributed by atoms with Gasteiger partial charge in [0, 0.05) is 11.4 Å². The molecule has 1 atom stereocenters. The summed E-state index contributed by atoms with van der Waals surface area (Å²) in [6.07, 6.45) is 4.71. The van der Waals surface area contributed by atoms with Crippen molar-refractivity contribution in [3.63, 3.8) is 0 Å². The second kappa shape index (κ2) is 5.50. The van der Waals surface area contributed by atoms with Gasteiger partial charge in [-0.1, -0.05) is 18.5 Å². The fourth-order valence-electron chi connectivity index (χ4n) is 2.67. The van der Waals surface area contributed by atoms with E-state index in [0.29, 0.717) is 5.69 Å². The lowest BCUT2D eigenvalue weighted by Gasteiger charge is -2.35. The molecule has 1 amide bonds. The van der Waals surface area contributed by atoms with Gasteiger partial charge in [0.15, 0.2) is 0 Å². The highest BCUT2D eigenvalue weighted by molar-refractivity contribution is 7.10. The average Bonchev–Trinajstić information content (AvgIpc) is 2.93. The number of aromatic nitrogens is 2. The van der Waals surface area contributed by atoms with E-state index >= 15 is 0 Å². The molecule has 20 heavy (non-hydrogen) atoms. The maximum Gasteiger partial charge on any atom is 0.274 e. The Morgan fingerprint density at radius 1 is 1.55 bits per heavy atom. The van der Waals surface area contributed by atoms with E-state index in [2.05, 4.69) is 28.3 Å². The Bertz CT molecular complexity index is 643. The molecule has 104 valence electrons. The van der Waals surface area contributed by atoms with Crippen LogP contribution in [-0.2, 0) is 6.42 Å². The maximum absolute atomic E-state index is 12.6. The Morgan fingerprint density at radius 3 is 3.15 bits per heavy atom. The Labute approximate surface area is 126 Å². The summed E-state index contributed by atoms with van der Waals surface area (Å²) in [4.78, 5) is 23.9. The third kappa shape index (κ3) is 2.31. The molecule has 0 fully saturated rings. The summed E-state index contributed by atoms with van der Waals surface area (Å²) in [6.45, 7) is 2.82. The van der Waals surface area contributed by atoms with Crippen molar-refractivity contribution in [2.45, 2.75) is 25.8 Å². The van der Waals surface area contributed by atoms with Gasteiger partial charge in [0.2, 0.25) is 0 Å². The number of carbonyl (C=O) groups excluding carboxylic acids is 1. The molecule has 0 bridgehead atoms. The highest BCUT2D eigenvalue weighted by Gasteiger charge is 2.31. The molecule has 2 aromatic heterocycles. The molecule has 0 aliphatic carbocycles. The van der Waals surface area contributed by atoms with E-state index in [1.165, 1.54) is 22.8 Å². The van der Waals surface area contributed by atoms with Crippen LogP contribution in [0.15, 0.2) is 23.8 Å². The molecule has 3 heterocycles. The van der Waals surface area contributed by atoms with Crippen LogP contribution in [0.1, 0.15) is 40.3 Å². The van der Waals surface area contributed by atoms with Gasteiger partial charge >= 0.3 is 0 Å². The second-order valence-corrected chi connectivity index (χ2v) is 6.09. The Hall–Kier alpha value is -1.46. The van der Waals surface area contributed by atoms with Crippen LogP contribution in [0.4, 0.5) is 0 Å². The summed E-state index contributed by atoms with van der Waals surface area (Å²) in [6, 6.07) is 2.25. The minimum absolute atomic E-state index is 0.0938. The number of nitrogens with zero attached hydrogens (tertiary/aromatic N) is 3. The number of halogens is 1. The van der Waals surface area contributed by atoms with E-state index in [4.69, 9.17) is 11.6 Å². The molecular weight excluding hydrogens is 294 g/mol. The van der Waals surface area contributed by atoms with Gasteiger partial charge in [-0.15, -0.1) is 11.3 Å². The lowest BCUT2D eigenvalue weighted by Crippen LogP contribution is -2.39. The quantitative estimate of drug-likeness (QED) is 0.855. The summed E-state index contributed by atoms with van der Waals surface area (Å²) in [7, 11) is 0. The van der Waals surface area contributed by atoms with Crippen molar-refractivity contribution in [2.75, 3.05) is 6.54 Å². The highest BCUT2D eigenvalue weighted by atomic mass is 35.5. The third-order valence-corrected chi connectivity index (χ3v) is 4.75. The zero-order valence-electron chi connectivity index (χ0n) is 11.0. The zero-order chi connectivity index (χ0) is 14.1. The SMILES string of the molecule is CCC1c2ccsc2CCN1C(=O)c1cncc(Cl)n1. The zero-order valence-corrected chi connectivity index (χ0v) is 12.6. The lowest BCUT2D eigenvalue weighted by atomic mass is 9.97. The molecule has 3 rings (SSSR count). The van der Waals surface area contributed by atoms with Gasteiger partial charge < -0.3 is 4.90 Å². The van der Waals surface area contributed by atoms with Crippen molar-refractivity contribution in [1.82, 2.24) is 14.9 Å².